The molecule has 1 N–H and O–H groups in total. The minimum absolute atomic E-state index is 0.381. The van der Waals surface area contributed by atoms with Gasteiger partial charge < -0.3 is 0 Å². The van der Waals surface area contributed by atoms with E-state index in [2.05, 4.69) is 20.5 Å². The standard InChI is InChI=1S/C5H12N4OP4/c1-2-3-4-5-10-9-12-8-14(9)13-6-11-7-13/h2-5H2,1H3,(H,6,7). The number of unbranched alkanes of at least 4 members (excludes halogenated alkanes) is 2. The van der Waals surface area contributed by atoms with Gasteiger partial charge in [0.2, 0.25) is 0 Å². The van der Waals surface area contributed by atoms with E-state index in [9.17, 15) is 0 Å². The summed E-state index contributed by atoms with van der Waals surface area (Å²) in [5.41, 5.74) is 0. The van der Waals surface area contributed by atoms with Crippen molar-refractivity contribution >= 4 is 32.1 Å². The molecule has 0 saturated heterocycles. The van der Waals surface area contributed by atoms with Gasteiger partial charge in [0.25, 0.3) is 0 Å². The van der Waals surface area contributed by atoms with Crippen LogP contribution < -0.4 is 4.84 Å². The maximum absolute atomic E-state index is 5.62. The molecule has 14 heavy (non-hydrogen) atoms. The lowest BCUT2D eigenvalue weighted by Crippen LogP contribution is -2.10. The van der Waals surface area contributed by atoms with Gasteiger partial charge in [-0.3, -0.25) is 9.35 Å². The largest absolute Gasteiger partial charge is 0.289 e. The maximum Gasteiger partial charge on any atom is 0.171 e. The van der Waals surface area contributed by atoms with E-state index in [0.29, 0.717) is 0 Å². The molecule has 9 heteroatoms. The predicted octanol–water partition coefficient (Wildman–Crippen LogP) is 3.67. The van der Waals surface area contributed by atoms with Crippen molar-refractivity contribution < 1.29 is 4.84 Å². The van der Waals surface area contributed by atoms with Gasteiger partial charge in [-0.2, -0.15) is 9.02 Å². The lowest BCUT2D eigenvalue weighted by Gasteiger charge is -2.13. The maximum atomic E-state index is 5.62. The molecule has 0 fully saturated rings. The summed E-state index contributed by atoms with van der Waals surface area (Å²) in [5.74, 6) is 0. The first-order valence-corrected chi connectivity index (χ1v) is 9.42. The van der Waals surface area contributed by atoms with Crippen LogP contribution in [0.25, 0.3) is 0 Å². The molecule has 0 bridgehead atoms. The molecule has 2 rings (SSSR count). The minimum Gasteiger partial charge on any atom is -0.289 e. The first kappa shape index (κ1) is 10.9. The van der Waals surface area contributed by atoms with Crippen molar-refractivity contribution in [2.45, 2.75) is 26.2 Å². The molecule has 0 aliphatic carbocycles. The van der Waals surface area contributed by atoms with Gasteiger partial charge in [-0.05, 0) is 6.42 Å². The lowest BCUT2D eigenvalue weighted by atomic mass is 10.3. The van der Waals surface area contributed by atoms with Crippen molar-refractivity contribution in [3.05, 3.63) is 0 Å². The van der Waals surface area contributed by atoms with E-state index < -0.39 is 7.54 Å². The van der Waals surface area contributed by atoms with Gasteiger partial charge in [0.1, 0.15) is 16.0 Å². The third kappa shape index (κ3) is 2.48. The van der Waals surface area contributed by atoms with Crippen LogP contribution in [0, 0.1) is 0 Å². The third-order valence-electron chi connectivity index (χ3n) is 1.74. The van der Waals surface area contributed by atoms with E-state index in [1.54, 1.807) is 0 Å². The summed E-state index contributed by atoms with van der Waals surface area (Å²) >= 11 is 0. The second-order valence-corrected chi connectivity index (χ2v) is 9.80. The minimum atomic E-state index is -0.453. The number of aromatic amines is 1. The molecule has 0 saturated carbocycles. The summed E-state index contributed by atoms with van der Waals surface area (Å²) in [6.45, 7) is 3.03. The molecule has 2 unspecified atom stereocenters. The van der Waals surface area contributed by atoms with Crippen molar-refractivity contribution in [2.24, 2.45) is 0 Å². The number of aromatic nitrogens is 4. The monoisotopic (exact) mass is 268 g/mol. The number of nitrogens with one attached hydrogen (secondary N) is 1. The highest BCUT2D eigenvalue weighted by atomic mass is 32.1. The Morgan fingerprint density at radius 1 is 1.43 bits per heavy atom. The number of H-pyrrole nitrogens is 1. The number of nitrogens with zero attached hydrogens (tertiary/aromatic N) is 3. The fourth-order valence-corrected chi connectivity index (χ4v) is 8.55. The van der Waals surface area contributed by atoms with Crippen LogP contribution in [0.3, 0.4) is 0 Å². The molecule has 0 aromatic carbocycles. The summed E-state index contributed by atoms with van der Waals surface area (Å²) < 4.78 is 13.9. The molecule has 2 atom stereocenters. The third-order valence-corrected chi connectivity index (χ3v) is 10.8. The highest BCUT2D eigenvalue weighted by Gasteiger charge is 2.12. The number of hydrogen-bond donors (Lipinski definition) is 1. The molecule has 0 amide bonds. The lowest BCUT2D eigenvalue weighted by molar-refractivity contribution is 0.149. The fraction of sp³-hybridized carbons (Fsp3) is 1.00. The van der Waals surface area contributed by atoms with E-state index >= 15 is 0 Å². The average molecular weight is 268 g/mol. The smallest absolute Gasteiger partial charge is 0.171 e. The Balaban J connectivity index is 1.77. The van der Waals surface area contributed by atoms with E-state index in [4.69, 9.17) is 4.84 Å². The van der Waals surface area contributed by atoms with E-state index in [0.717, 1.165) is 30.0 Å². The van der Waals surface area contributed by atoms with E-state index in [1.807, 2.05) is 4.26 Å². The molecule has 5 nitrogen and oxygen atoms in total. The SMILES string of the molecule is CCCCCOn1pnp1-p1np[nH]1. The van der Waals surface area contributed by atoms with Gasteiger partial charge in [-0.1, -0.05) is 19.8 Å². The Hall–Kier alpha value is 0.360. The zero-order valence-corrected chi connectivity index (χ0v) is 11.4. The molecule has 78 valence electrons. The summed E-state index contributed by atoms with van der Waals surface area (Å²) in [7, 11) is 1.15. The Kier molecular flexibility index (Phi) is 4.23. The van der Waals surface area contributed by atoms with Crippen LogP contribution in [0.2, 0.25) is 0 Å². The Morgan fingerprint density at radius 3 is 2.79 bits per heavy atom. The van der Waals surface area contributed by atoms with Crippen molar-refractivity contribution in [1.29, 1.82) is 0 Å². The second-order valence-electron chi connectivity index (χ2n) is 2.82. The van der Waals surface area contributed by atoms with Gasteiger partial charge in [0.15, 0.2) is 16.0 Å². The van der Waals surface area contributed by atoms with Crippen LogP contribution in [0.1, 0.15) is 26.2 Å². The van der Waals surface area contributed by atoms with Crippen LogP contribution in [-0.2, 0) is 0 Å². The Bertz CT molecular complexity index is 354. The Morgan fingerprint density at radius 2 is 2.29 bits per heavy atom. The summed E-state index contributed by atoms with van der Waals surface area (Å²) in [4.78, 5) is 5.62. The summed E-state index contributed by atoms with van der Waals surface area (Å²) in [6, 6.07) is 0. The van der Waals surface area contributed by atoms with Crippen LogP contribution in [0.5, 0.6) is 0 Å². The molecule has 0 aliphatic rings. The van der Waals surface area contributed by atoms with Crippen LogP contribution in [0.15, 0.2) is 0 Å². The molecule has 0 aliphatic heterocycles. The molecular weight excluding hydrogens is 256 g/mol. The van der Waals surface area contributed by atoms with Crippen molar-refractivity contribution in [2.75, 3.05) is 6.61 Å². The first-order chi connectivity index (χ1) is 6.92. The zero-order valence-electron chi connectivity index (χ0n) is 7.87. The van der Waals surface area contributed by atoms with Crippen LogP contribution >= 0.6 is 32.1 Å². The molecule has 0 radical (unpaired) electrons. The average Bonchev–Trinajstić information content (AvgIpc) is 2.09. The number of rotatable bonds is 6. The van der Waals surface area contributed by atoms with E-state index in [1.165, 1.54) is 12.8 Å². The van der Waals surface area contributed by atoms with Crippen molar-refractivity contribution in [3.8, 4) is 0 Å². The van der Waals surface area contributed by atoms with Crippen LogP contribution in [0.4, 0.5) is 0 Å². The molecule has 0 spiro atoms. The highest BCUT2D eigenvalue weighted by molar-refractivity contribution is 8.19. The highest BCUT2D eigenvalue weighted by Crippen LogP contribution is 2.55. The van der Waals surface area contributed by atoms with Gasteiger partial charge in [-0.25, -0.2) is 0 Å². The van der Waals surface area contributed by atoms with E-state index in [-0.39, 0.29) is 7.54 Å². The molecule has 2 aromatic heterocycles. The normalized spacial score (nSPS) is 14.9. The summed E-state index contributed by atoms with van der Waals surface area (Å²) in [5, 5.41) is 0. The molecule has 2 heterocycles. The van der Waals surface area contributed by atoms with Crippen molar-refractivity contribution in [3.63, 3.8) is 0 Å². The van der Waals surface area contributed by atoms with Crippen LogP contribution in [-0.4, -0.2) is 24.4 Å². The predicted molar refractivity (Wildman–Crippen MR) is 63.0 cm³/mol. The van der Waals surface area contributed by atoms with Gasteiger partial charge in [0.05, 0.1) is 6.61 Å². The quantitative estimate of drug-likeness (QED) is 0.813. The topological polar surface area (TPSA) is 55.7 Å². The Labute approximate surface area is 88.0 Å². The zero-order chi connectivity index (χ0) is 9.80. The first-order valence-electron chi connectivity index (χ1n) is 4.53. The van der Waals surface area contributed by atoms with Gasteiger partial charge >= 0.3 is 0 Å². The van der Waals surface area contributed by atoms with Crippen molar-refractivity contribution in [1.82, 2.24) is 17.8 Å². The molecule has 2 aromatic rings. The molecular formula is C5H12N4OP4. The van der Waals surface area contributed by atoms with Gasteiger partial charge in [0, 0.05) is 0 Å². The summed E-state index contributed by atoms with van der Waals surface area (Å²) in [6.07, 6.45) is 3.63. The fourth-order valence-electron chi connectivity index (χ4n) is 0.955. The second kappa shape index (κ2) is 5.45. The van der Waals surface area contributed by atoms with Gasteiger partial charge in [-0.15, -0.1) is 4.26 Å². The number of hydrogen-bond acceptors (Lipinski definition) is 3.